The number of nitrogens with zero attached hydrogens (tertiary/aromatic N) is 2. The third-order valence-electron chi connectivity index (χ3n) is 6.24. The topological polar surface area (TPSA) is 79.4 Å². The van der Waals surface area contributed by atoms with Crippen LogP contribution >= 0.6 is 34.2 Å². The number of piperidine rings is 1. The van der Waals surface area contributed by atoms with Crippen molar-refractivity contribution in [1.82, 2.24) is 14.6 Å². The number of hydrogen-bond donors (Lipinski definition) is 1. The molecular formula is C22H24ClFIN3O3S. The molecule has 0 bridgehead atoms. The predicted octanol–water partition coefficient (Wildman–Crippen LogP) is 3.98. The van der Waals surface area contributed by atoms with E-state index in [4.69, 9.17) is 11.6 Å². The van der Waals surface area contributed by atoms with Crippen molar-refractivity contribution in [3.8, 4) is 0 Å². The Hall–Kier alpha value is -1.30. The van der Waals surface area contributed by atoms with E-state index in [9.17, 15) is 17.6 Å². The second-order valence-corrected chi connectivity index (χ2v) is 12.2. The first-order chi connectivity index (χ1) is 15.2. The third kappa shape index (κ3) is 5.26. The van der Waals surface area contributed by atoms with Crippen molar-refractivity contribution in [3.63, 3.8) is 0 Å². The molecule has 6 nitrogen and oxygen atoms in total. The number of benzene rings is 1. The molecule has 1 amide bonds. The summed E-state index contributed by atoms with van der Waals surface area (Å²) in [4.78, 5) is 17.1. The lowest BCUT2D eigenvalue weighted by atomic mass is 9.75. The fourth-order valence-electron chi connectivity index (χ4n) is 4.17. The minimum Gasteiger partial charge on any atom is -0.351 e. The smallest absolute Gasteiger partial charge is 0.252 e. The molecule has 1 saturated heterocycles. The molecule has 1 aromatic heterocycles. The lowest BCUT2D eigenvalue weighted by molar-refractivity contribution is 0.0930. The van der Waals surface area contributed by atoms with E-state index in [1.165, 1.54) is 22.6 Å². The van der Waals surface area contributed by atoms with Gasteiger partial charge in [0, 0.05) is 39.8 Å². The van der Waals surface area contributed by atoms with Crippen LogP contribution in [-0.4, -0.2) is 49.0 Å². The van der Waals surface area contributed by atoms with Gasteiger partial charge in [0.05, 0.1) is 17.0 Å². The fourth-order valence-corrected chi connectivity index (χ4v) is 7.17. The highest BCUT2D eigenvalue weighted by Crippen LogP contribution is 2.38. The second kappa shape index (κ2) is 9.52. The van der Waals surface area contributed by atoms with Crippen molar-refractivity contribution in [2.75, 3.05) is 25.4 Å². The summed E-state index contributed by atoms with van der Waals surface area (Å²) in [7, 11) is -3.33. The van der Waals surface area contributed by atoms with Crippen molar-refractivity contribution in [3.05, 3.63) is 62.2 Å². The highest BCUT2D eigenvalue weighted by atomic mass is 127. The van der Waals surface area contributed by atoms with E-state index >= 15 is 0 Å². The predicted molar refractivity (Wildman–Crippen MR) is 130 cm³/mol. The monoisotopic (exact) mass is 591 g/mol. The number of carbonyl (C=O) groups excluding carboxylic acids is 1. The Morgan fingerprint density at radius 2 is 2.00 bits per heavy atom. The Morgan fingerprint density at radius 1 is 1.28 bits per heavy atom. The Bertz CT molecular complexity index is 1120. The van der Waals surface area contributed by atoms with Crippen LogP contribution in [0.25, 0.3) is 0 Å². The van der Waals surface area contributed by atoms with Crippen molar-refractivity contribution in [2.45, 2.75) is 31.1 Å². The van der Waals surface area contributed by atoms with E-state index in [2.05, 4.69) is 32.9 Å². The van der Waals surface area contributed by atoms with E-state index in [1.807, 2.05) is 0 Å². The number of aromatic nitrogens is 1. The van der Waals surface area contributed by atoms with Crippen LogP contribution in [0.1, 0.15) is 41.7 Å². The molecule has 32 heavy (non-hydrogen) atoms. The Kier molecular flexibility index (Phi) is 7.09. The lowest BCUT2D eigenvalue weighted by Crippen LogP contribution is -2.51. The van der Waals surface area contributed by atoms with E-state index in [0.717, 1.165) is 12.8 Å². The molecule has 2 fully saturated rings. The van der Waals surface area contributed by atoms with Crippen LogP contribution in [0.2, 0.25) is 5.02 Å². The van der Waals surface area contributed by atoms with Gasteiger partial charge >= 0.3 is 0 Å². The quantitative estimate of drug-likeness (QED) is 0.494. The van der Waals surface area contributed by atoms with Crippen LogP contribution in [0, 0.1) is 15.3 Å². The molecule has 172 valence electrons. The van der Waals surface area contributed by atoms with Gasteiger partial charge in [-0.2, -0.15) is 0 Å². The Labute approximate surface area is 206 Å². The number of carbonyl (C=O) groups is 1. The molecule has 1 saturated carbocycles. The van der Waals surface area contributed by atoms with Crippen LogP contribution in [0.3, 0.4) is 0 Å². The maximum absolute atomic E-state index is 14.8. The lowest BCUT2D eigenvalue weighted by Gasteiger charge is -2.41. The summed E-state index contributed by atoms with van der Waals surface area (Å²) in [5.41, 5.74) is -0.0359. The minimum absolute atomic E-state index is 0.162. The van der Waals surface area contributed by atoms with Crippen LogP contribution in [-0.2, 0) is 15.4 Å². The van der Waals surface area contributed by atoms with Gasteiger partial charge in [0.15, 0.2) is 0 Å². The Morgan fingerprint density at radius 3 is 2.62 bits per heavy atom. The van der Waals surface area contributed by atoms with E-state index in [0.29, 0.717) is 27.0 Å². The second-order valence-electron chi connectivity index (χ2n) is 8.54. The SMILES string of the molecule is O=C(NCC1(c2ncccc2F)CCN(S(=O)(=O)CC2CC2)CC1)c1ccc(Cl)cc1I. The van der Waals surface area contributed by atoms with Gasteiger partial charge in [-0.25, -0.2) is 17.1 Å². The number of sulfonamides is 1. The first kappa shape index (κ1) is 23.8. The normalized spacial score (nSPS) is 19.0. The molecule has 1 N–H and O–H groups in total. The molecule has 1 aliphatic carbocycles. The zero-order chi connectivity index (χ0) is 22.9. The molecular weight excluding hydrogens is 568 g/mol. The van der Waals surface area contributed by atoms with Crippen LogP contribution in [0.15, 0.2) is 36.5 Å². The van der Waals surface area contributed by atoms with Crippen LogP contribution in [0.4, 0.5) is 4.39 Å². The summed E-state index contributed by atoms with van der Waals surface area (Å²) in [5.74, 6) is -0.285. The van der Waals surface area contributed by atoms with E-state index in [-0.39, 0.29) is 42.9 Å². The van der Waals surface area contributed by atoms with Gasteiger partial charge < -0.3 is 5.32 Å². The largest absolute Gasteiger partial charge is 0.351 e. The number of rotatable bonds is 7. The highest BCUT2D eigenvalue weighted by molar-refractivity contribution is 14.1. The van der Waals surface area contributed by atoms with Crippen LogP contribution < -0.4 is 5.32 Å². The summed E-state index contributed by atoms with van der Waals surface area (Å²) in [6.07, 6.45) is 4.21. The molecule has 0 radical (unpaired) electrons. The molecule has 2 heterocycles. The van der Waals surface area contributed by atoms with Crippen LogP contribution in [0.5, 0.6) is 0 Å². The standard InChI is InChI=1S/C22H24ClFIN3O3S/c23-16-5-6-17(19(25)12-16)21(29)27-14-22(20-18(24)2-1-9-26-20)7-10-28(11-8-22)32(30,31)13-15-3-4-15/h1-2,5-6,9,12,15H,3-4,7-8,10-11,13-14H2,(H,27,29). The van der Waals surface area contributed by atoms with Gasteiger partial charge in [0.2, 0.25) is 10.0 Å². The minimum atomic E-state index is -3.33. The Balaban J connectivity index is 1.53. The molecule has 10 heteroatoms. The number of pyridine rings is 1. The average molecular weight is 592 g/mol. The zero-order valence-corrected chi connectivity index (χ0v) is 21.1. The molecule has 1 aromatic carbocycles. The number of hydrogen-bond acceptors (Lipinski definition) is 4. The maximum Gasteiger partial charge on any atom is 0.252 e. The van der Waals surface area contributed by atoms with Crippen molar-refractivity contribution >= 4 is 50.1 Å². The molecule has 0 atom stereocenters. The summed E-state index contributed by atoms with van der Waals surface area (Å²) in [6, 6.07) is 7.88. The number of amides is 1. The van der Waals surface area contributed by atoms with Gasteiger partial charge in [0.25, 0.3) is 5.91 Å². The molecule has 1 aliphatic heterocycles. The summed E-state index contributed by atoms with van der Waals surface area (Å²) in [5, 5.41) is 3.47. The fraction of sp³-hybridized carbons (Fsp3) is 0.455. The zero-order valence-electron chi connectivity index (χ0n) is 17.4. The van der Waals surface area contributed by atoms with Gasteiger partial charge in [-0.05, 0) is 84.5 Å². The van der Waals surface area contributed by atoms with Crippen molar-refractivity contribution < 1.29 is 17.6 Å². The number of halogens is 3. The first-order valence-corrected chi connectivity index (χ1v) is 13.6. The highest BCUT2D eigenvalue weighted by Gasteiger charge is 2.43. The molecule has 0 spiro atoms. The third-order valence-corrected chi connectivity index (χ3v) is 9.41. The van der Waals surface area contributed by atoms with Gasteiger partial charge in [-0.15, -0.1) is 0 Å². The molecule has 2 aromatic rings. The maximum atomic E-state index is 14.8. The van der Waals surface area contributed by atoms with E-state index < -0.39 is 21.3 Å². The first-order valence-electron chi connectivity index (χ1n) is 10.5. The van der Waals surface area contributed by atoms with Gasteiger partial charge in [-0.3, -0.25) is 9.78 Å². The average Bonchev–Trinajstić information content (AvgIpc) is 3.56. The summed E-state index contributed by atoms with van der Waals surface area (Å²) < 4.78 is 42.4. The van der Waals surface area contributed by atoms with E-state index in [1.54, 1.807) is 18.2 Å². The summed E-state index contributed by atoms with van der Waals surface area (Å²) >= 11 is 8.04. The molecule has 0 unspecified atom stereocenters. The van der Waals surface area contributed by atoms with Crippen molar-refractivity contribution in [2.24, 2.45) is 5.92 Å². The van der Waals surface area contributed by atoms with Gasteiger partial charge in [0.1, 0.15) is 5.82 Å². The van der Waals surface area contributed by atoms with Crippen molar-refractivity contribution in [1.29, 1.82) is 0 Å². The molecule has 4 rings (SSSR count). The summed E-state index contributed by atoms with van der Waals surface area (Å²) in [6.45, 7) is 0.716. The van der Waals surface area contributed by atoms with Gasteiger partial charge in [-0.1, -0.05) is 11.6 Å². The molecule has 2 aliphatic rings. The number of nitrogens with one attached hydrogen (secondary N) is 1.